The lowest BCUT2D eigenvalue weighted by Gasteiger charge is -2.14. The summed E-state index contributed by atoms with van der Waals surface area (Å²) >= 11 is 12.5. The standard InChI is InChI=1S/C17H16Cl2N4O/c1-9-16(21)23(15-8-11(24-2)4-6-14(15)20)17(22-9)12-7-10(18)3-5-13(12)19/h3-8H,20-21H2,1-2H3. The zero-order chi connectivity index (χ0) is 17.4. The van der Waals surface area contributed by atoms with Gasteiger partial charge < -0.3 is 16.2 Å². The van der Waals surface area contributed by atoms with Crippen LogP contribution in [0.15, 0.2) is 36.4 Å². The van der Waals surface area contributed by atoms with E-state index in [1.165, 1.54) is 0 Å². The molecule has 0 saturated carbocycles. The zero-order valence-electron chi connectivity index (χ0n) is 13.2. The van der Waals surface area contributed by atoms with E-state index in [0.717, 1.165) is 0 Å². The van der Waals surface area contributed by atoms with Crippen LogP contribution in [0.25, 0.3) is 17.1 Å². The Labute approximate surface area is 149 Å². The zero-order valence-corrected chi connectivity index (χ0v) is 14.7. The van der Waals surface area contributed by atoms with Gasteiger partial charge in [0, 0.05) is 16.7 Å². The highest BCUT2D eigenvalue weighted by molar-refractivity contribution is 6.35. The van der Waals surface area contributed by atoms with Gasteiger partial charge in [-0.3, -0.25) is 4.57 Å². The minimum atomic E-state index is 0.473. The van der Waals surface area contributed by atoms with Crippen molar-refractivity contribution in [1.82, 2.24) is 9.55 Å². The fraction of sp³-hybridized carbons (Fsp3) is 0.118. The van der Waals surface area contributed by atoms with Gasteiger partial charge in [0.1, 0.15) is 17.4 Å². The van der Waals surface area contributed by atoms with Gasteiger partial charge in [0.05, 0.1) is 29.2 Å². The van der Waals surface area contributed by atoms with Gasteiger partial charge in [-0.25, -0.2) is 4.98 Å². The van der Waals surface area contributed by atoms with E-state index in [9.17, 15) is 0 Å². The second-order valence-electron chi connectivity index (χ2n) is 5.29. The Hall–Kier alpha value is -2.37. The van der Waals surface area contributed by atoms with Crippen molar-refractivity contribution >= 4 is 34.7 Å². The van der Waals surface area contributed by atoms with Crippen LogP contribution in [0.4, 0.5) is 11.5 Å². The average molecular weight is 363 g/mol. The fourth-order valence-electron chi connectivity index (χ4n) is 2.48. The third-order valence-corrected chi connectivity index (χ3v) is 4.31. The van der Waals surface area contributed by atoms with Crippen molar-refractivity contribution in [1.29, 1.82) is 0 Å². The Morgan fingerprint density at radius 2 is 1.83 bits per heavy atom. The molecule has 4 N–H and O–H groups in total. The van der Waals surface area contributed by atoms with Gasteiger partial charge in [0.2, 0.25) is 0 Å². The van der Waals surface area contributed by atoms with Gasteiger partial charge in [-0.15, -0.1) is 0 Å². The number of ether oxygens (including phenoxy) is 1. The Kier molecular flexibility index (Phi) is 4.30. The molecule has 1 aromatic heterocycles. The number of halogens is 2. The van der Waals surface area contributed by atoms with E-state index in [4.69, 9.17) is 39.4 Å². The number of aryl methyl sites for hydroxylation is 1. The van der Waals surface area contributed by atoms with E-state index in [0.29, 0.717) is 50.1 Å². The van der Waals surface area contributed by atoms with Crippen molar-refractivity contribution in [2.24, 2.45) is 0 Å². The summed E-state index contributed by atoms with van der Waals surface area (Å²) in [6.07, 6.45) is 0. The van der Waals surface area contributed by atoms with Crippen LogP contribution in [0, 0.1) is 6.92 Å². The maximum atomic E-state index is 6.34. The summed E-state index contributed by atoms with van der Waals surface area (Å²) < 4.78 is 7.04. The summed E-state index contributed by atoms with van der Waals surface area (Å²) in [6.45, 7) is 1.82. The largest absolute Gasteiger partial charge is 0.497 e. The second kappa shape index (κ2) is 6.26. The summed E-state index contributed by atoms with van der Waals surface area (Å²) in [5.74, 6) is 1.70. The number of nitrogens with zero attached hydrogens (tertiary/aromatic N) is 2. The summed E-state index contributed by atoms with van der Waals surface area (Å²) in [5.41, 5.74) is 14.9. The predicted molar refractivity (Wildman–Crippen MR) is 99.1 cm³/mol. The van der Waals surface area contributed by atoms with E-state index in [2.05, 4.69) is 4.98 Å². The van der Waals surface area contributed by atoms with Crippen LogP contribution in [0.5, 0.6) is 5.75 Å². The molecule has 0 aliphatic heterocycles. The van der Waals surface area contributed by atoms with Gasteiger partial charge in [0.25, 0.3) is 0 Å². The molecule has 0 saturated heterocycles. The highest BCUT2D eigenvalue weighted by Gasteiger charge is 2.19. The van der Waals surface area contributed by atoms with Crippen LogP contribution in [-0.2, 0) is 0 Å². The van der Waals surface area contributed by atoms with Gasteiger partial charge in [-0.05, 0) is 37.3 Å². The molecular formula is C17H16Cl2N4O. The van der Waals surface area contributed by atoms with Crippen LogP contribution >= 0.6 is 23.2 Å². The van der Waals surface area contributed by atoms with E-state index >= 15 is 0 Å². The molecule has 0 spiro atoms. The van der Waals surface area contributed by atoms with E-state index < -0.39 is 0 Å². The molecule has 0 aliphatic rings. The Morgan fingerprint density at radius 3 is 2.54 bits per heavy atom. The highest BCUT2D eigenvalue weighted by atomic mass is 35.5. The smallest absolute Gasteiger partial charge is 0.148 e. The van der Waals surface area contributed by atoms with E-state index in [-0.39, 0.29) is 0 Å². The normalized spacial score (nSPS) is 10.8. The summed E-state index contributed by atoms with van der Waals surface area (Å²) in [4.78, 5) is 4.55. The number of methoxy groups -OCH3 is 1. The molecule has 2 aromatic carbocycles. The van der Waals surface area contributed by atoms with Crippen molar-refractivity contribution in [2.75, 3.05) is 18.6 Å². The quantitative estimate of drug-likeness (QED) is 0.679. The molecule has 3 rings (SSSR count). The number of rotatable bonds is 3. The molecule has 5 nitrogen and oxygen atoms in total. The molecule has 7 heteroatoms. The first-order valence-corrected chi connectivity index (χ1v) is 7.92. The topological polar surface area (TPSA) is 79.1 Å². The summed E-state index contributed by atoms with van der Waals surface area (Å²) in [5, 5.41) is 1.07. The lowest BCUT2D eigenvalue weighted by molar-refractivity contribution is 0.414. The molecule has 0 unspecified atom stereocenters. The molecule has 0 bridgehead atoms. The molecule has 0 atom stereocenters. The van der Waals surface area contributed by atoms with Crippen molar-refractivity contribution in [3.63, 3.8) is 0 Å². The molecule has 0 amide bonds. The monoisotopic (exact) mass is 362 g/mol. The van der Waals surface area contributed by atoms with Crippen molar-refractivity contribution in [2.45, 2.75) is 6.92 Å². The first-order valence-electron chi connectivity index (χ1n) is 7.16. The number of benzene rings is 2. The molecule has 0 radical (unpaired) electrons. The first kappa shape index (κ1) is 16.5. The van der Waals surface area contributed by atoms with Crippen LogP contribution in [0.3, 0.4) is 0 Å². The Bertz CT molecular complexity index is 921. The second-order valence-corrected chi connectivity index (χ2v) is 6.13. The van der Waals surface area contributed by atoms with Crippen LogP contribution < -0.4 is 16.2 Å². The minimum absolute atomic E-state index is 0.473. The van der Waals surface area contributed by atoms with Gasteiger partial charge in [-0.1, -0.05) is 23.2 Å². The highest BCUT2D eigenvalue weighted by Crippen LogP contribution is 2.36. The van der Waals surface area contributed by atoms with Gasteiger partial charge in [-0.2, -0.15) is 0 Å². The Balaban J connectivity index is 2.32. The molecule has 24 heavy (non-hydrogen) atoms. The van der Waals surface area contributed by atoms with E-state index in [1.807, 2.05) is 6.92 Å². The molecule has 1 heterocycles. The van der Waals surface area contributed by atoms with Gasteiger partial charge in [0.15, 0.2) is 0 Å². The predicted octanol–water partition coefficient (Wildman–Crippen LogP) is 4.33. The number of imidazole rings is 1. The number of hydrogen-bond donors (Lipinski definition) is 2. The molecule has 124 valence electrons. The lowest BCUT2D eigenvalue weighted by Crippen LogP contribution is -2.06. The van der Waals surface area contributed by atoms with Gasteiger partial charge >= 0.3 is 0 Å². The van der Waals surface area contributed by atoms with Crippen molar-refractivity contribution in [3.8, 4) is 22.8 Å². The third kappa shape index (κ3) is 2.77. The number of nitrogen functional groups attached to an aromatic ring is 2. The number of anilines is 2. The number of hydrogen-bond acceptors (Lipinski definition) is 4. The molecule has 3 aromatic rings. The maximum absolute atomic E-state index is 6.34. The minimum Gasteiger partial charge on any atom is -0.497 e. The van der Waals surface area contributed by atoms with Crippen LogP contribution in [0.1, 0.15) is 5.69 Å². The third-order valence-electron chi connectivity index (χ3n) is 3.74. The number of aromatic nitrogens is 2. The van der Waals surface area contributed by atoms with E-state index in [1.54, 1.807) is 48.1 Å². The molecule has 0 aliphatic carbocycles. The fourth-order valence-corrected chi connectivity index (χ4v) is 2.85. The average Bonchev–Trinajstić information content (AvgIpc) is 2.85. The Morgan fingerprint density at radius 1 is 1.08 bits per heavy atom. The van der Waals surface area contributed by atoms with Crippen LogP contribution in [0.2, 0.25) is 10.0 Å². The number of nitrogens with two attached hydrogens (primary N) is 2. The molecular weight excluding hydrogens is 347 g/mol. The summed E-state index contributed by atoms with van der Waals surface area (Å²) in [7, 11) is 1.59. The SMILES string of the molecule is COc1ccc(N)c(-n2c(-c3cc(Cl)ccc3Cl)nc(C)c2N)c1. The van der Waals surface area contributed by atoms with Crippen molar-refractivity contribution in [3.05, 3.63) is 52.1 Å². The van der Waals surface area contributed by atoms with Crippen molar-refractivity contribution < 1.29 is 4.74 Å². The van der Waals surface area contributed by atoms with Crippen LogP contribution in [-0.4, -0.2) is 16.7 Å². The first-order chi connectivity index (χ1) is 11.4. The summed E-state index contributed by atoms with van der Waals surface area (Å²) in [6, 6.07) is 10.5. The maximum Gasteiger partial charge on any atom is 0.148 e. The lowest BCUT2D eigenvalue weighted by atomic mass is 10.2. The molecule has 0 fully saturated rings.